The van der Waals surface area contributed by atoms with E-state index in [2.05, 4.69) is 16.9 Å². The Morgan fingerprint density at radius 1 is 1.08 bits per heavy atom. The Morgan fingerprint density at radius 3 is 2.42 bits per heavy atom. The zero-order valence-electron chi connectivity index (χ0n) is 14.8. The van der Waals surface area contributed by atoms with Crippen molar-refractivity contribution in [1.29, 1.82) is 0 Å². The molecule has 0 radical (unpaired) electrons. The largest absolute Gasteiger partial charge is 0.332 e. The number of unbranched alkanes of at least 4 members (excludes halogenated alkanes) is 1. The van der Waals surface area contributed by atoms with Gasteiger partial charge in [-0.25, -0.2) is 14.8 Å². The minimum atomic E-state index is -0.409. The summed E-state index contributed by atoms with van der Waals surface area (Å²) in [6, 6.07) is 7.17. The quantitative estimate of drug-likeness (QED) is 0.380. The van der Waals surface area contributed by atoms with Crippen LogP contribution < -0.4 is 11.2 Å². The second-order valence-corrected chi connectivity index (χ2v) is 7.49. The number of aromatic nitrogens is 4. The Kier molecular flexibility index (Phi) is 5.48. The number of hydrogen-bond donors (Lipinski definition) is 0. The first kappa shape index (κ1) is 18.7. The number of hydrogen-bond acceptors (Lipinski definition) is 5. The Labute approximate surface area is 159 Å². The van der Waals surface area contributed by atoms with Crippen molar-refractivity contribution < 1.29 is 0 Å². The SMILES string of the molecule is CCCCSc1nc(-c2ccc(Cl)cc2)nc2c1c(=O)n(C)c(=O)n2C. The molecule has 26 heavy (non-hydrogen) atoms. The maximum absolute atomic E-state index is 12.7. The van der Waals surface area contributed by atoms with Crippen LogP contribution in [0.25, 0.3) is 22.4 Å². The van der Waals surface area contributed by atoms with Gasteiger partial charge in [-0.3, -0.25) is 13.9 Å². The predicted molar refractivity (Wildman–Crippen MR) is 106 cm³/mol. The zero-order valence-corrected chi connectivity index (χ0v) is 16.4. The second kappa shape index (κ2) is 7.63. The first-order chi connectivity index (χ1) is 12.4. The molecule has 0 aliphatic heterocycles. The number of rotatable bonds is 5. The molecule has 0 saturated carbocycles. The molecule has 0 amide bonds. The summed E-state index contributed by atoms with van der Waals surface area (Å²) in [5.74, 6) is 1.31. The summed E-state index contributed by atoms with van der Waals surface area (Å²) in [7, 11) is 3.08. The lowest BCUT2D eigenvalue weighted by atomic mass is 10.2. The van der Waals surface area contributed by atoms with Crippen LogP contribution in [0.4, 0.5) is 0 Å². The van der Waals surface area contributed by atoms with E-state index in [1.165, 1.54) is 23.4 Å². The van der Waals surface area contributed by atoms with Crippen molar-refractivity contribution in [3.8, 4) is 11.4 Å². The molecule has 2 aromatic heterocycles. The molecule has 1 aromatic carbocycles. The molecule has 0 aliphatic rings. The topological polar surface area (TPSA) is 69.8 Å². The number of thioether (sulfide) groups is 1. The van der Waals surface area contributed by atoms with E-state index < -0.39 is 5.69 Å². The fraction of sp³-hybridized carbons (Fsp3) is 0.333. The van der Waals surface area contributed by atoms with Gasteiger partial charge in [-0.05, 0) is 36.4 Å². The third kappa shape index (κ3) is 3.41. The van der Waals surface area contributed by atoms with Gasteiger partial charge in [0, 0.05) is 24.7 Å². The molecule has 0 aliphatic carbocycles. The van der Waals surface area contributed by atoms with Crippen molar-refractivity contribution in [3.63, 3.8) is 0 Å². The van der Waals surface area contributed by atoms with Gasteiger partial charge in [-0.2, -0.15) is 0 Å². The first-order valence-electron chi connectivity index (χ1n) is 8.30. The van der Waals surface area contributed by atoms with Crippen molar-refractivity contribution in [2.45, 2.75) is 24.8 Å². The van der Waals surface area contributed by atoms with Crippen LogP contribution in [0.1, 0.15) is 19.8 Å². The number of nitrogens with zero attached hydrogens (tertiary/aromatic N) is 4. The lowest BCUT2D eigenvalue weighted by molar-refractivity contribution is 0.703. The molecule has 0 unspecified atom stereocenters. The predicted octanol–water partition coefficient (Wildman–Crippen LogP) is 3.24. The summed E-state index contributed by atoms with van der Waals surface area (Å²) < 4.78 is 2.49. The molecule has 3 rings (SSSR count). The first-order valence-corrected chi connectivity index (χ1v) is 9.67. The van der Waals surface area contributed by atoms with Crippen molar-refractivity contribution in [2.24, 2.45) is 14.1 Å². The molecule has 2 heterocycles. The normalized spacial score (nSPS) is 11.2. The highest BCUT2D eigenvalue weighted by atomic mass is 35.5. The van der Waals surface area contributed by atoms with Crippen LogP contribution >= 0.6 is 23.4 Å². The molecule has 0 N–H and O–H groups in total. The van der Waals surface area contributed by atoms with Crippen LogP contribution in [0.15, 0.2) is 38.9 Å². The third-order valence-corrected chi connectivity index (χ3v) is 5.42. The summed E-state index contributed by atoms with van der Waals surface area (Å²) in [6.07, 6.45) is 2.06. The highest BCUT2D eigenvalue weighted by Gasteiger charge is 2.18. The highest BCUT2D eigenvalue weighted by molar-refractivity contribution is 7.99. The van der Waals surface area contributed by atoms with Gasteiger partial charge in [0.25, 0.3) is 5.56 Å². The minimum absolute atomic E-state index is 0.344. The summed E-state index contributed by atoms with van der Waals surface area (Å²) in [6.45, 7) is 2.11. The Bertz CT molecular complexity index is 1070. The lowest BCUT2D eigenvalue weighted by Gasteiger charge is -2.12. The van der Waals surface area contributed by atoms with Gasteiger partial charge in [0.05, 0.1) is 0 Å². The second-order valence-electron chi connectivity index (χ2n) is 5.97. The van der Waals surface area contributed by atoms with E-state index in [0.717, 1.165) is 28.7 Å². The van der Waals surface area contributed by atoms with E-state index in [4.69, 9.17) is 11.6 Å². The molecule has 136 valence electrons. The summed E-state index contributed by atoms with van der Waals surface area (Å²) in [4.78, 5) is 34.1. The smallest absolute Gasteiger partial charge is 0.280 e. The molecule has 0 saturated heterocycles. The van der Waals surface area contributed by atoms with Crippen molar-refractivity contribution in [1.82, 2.24) is 19.1 Å². The molecular weight excluding hydrogens is 372 g/mol. The molecule has 0 bridgehead atoms. The molecule has 0 fully saturated rings. The van der Waals surface area contributed by atoms with Gasteiger partial charge in [0.1, 0.15) is 10.4 Å². The molecular formula is C18H19ClN4O2S. The Hall–Kier alpha value is -2.12. The van der Waals surface area contributed by atoms with Gasteiger partial charge >= 0.3 is 5.69 Å². The van der Waals surface area contributed by atoms with E-state index in [1.807, 2.05) is 12.1 Å². The average molecular weight is 391 g/mol. The third-order valence-electron chi connectivity index (χ3n) is 4.11. The maximum Gasteiger partial charge on any atom is 0.332 e. The summed E-state index contributed by atoms with van der Waals surface area (Å²) in [5.41, 5.74) is 0.344. The van der Waals surface area contributed by atoms with E-state index >= 15 is 0 Å². The van der Waals surface area contributed by atoms with Crippen molar-refractivity contribution in [3.05, 3.63) is 50.1 Å². The van der Waals surface area contributed by atoms with Crippen molar-refractivity contribution >= 4 is 34.4 Å². The average Bonchev–Trinajstić information content (AvgIpc) is 2.65. The molecule has 6 nitrogen and oxygen atoms in total. The van der Waals surface area contributed by atoms with Gasteiger partial charge in [0.2, 0.25) is 0 Å². The fourth-order valence-corrected chi connectivity index (χ4v) is 3.80. The van der Waals surface area contributed by atoms with Crippen molar-refractivity contribution in [2.75, 3.05) is 5.75 Å². The van der Waals surface area contributed by atoms with Crippen LogP contribution in [-0.4, -0.2) is 24.9 Å². The number of benzene rings is 1. The van der Waals surface area contributed by atoms with E-state index in [-0.39, 0.29) is 5.56 Å². The van der Waals surface area contributed by atoms with Gasteiger partial charge in [-0.15, -0.1) is 11.8 Å². The number of fused-ring (bicyclic) bond motifs is 1. The van der Waals surface area contributed by atoms with Crippen LogP contribution in [0.2, 0.25) is 5.02 Å². The Morgan fingerprint density at radius 2 is 1.77 bits per heavy atom. The van der Waals surface area contributed by atoms with E-state index in [9.17, 15) is 9.59 Å². The molecule has 3 aromatic rings. The summed E-state index contributed by atoms with van der Waals surface area (Å²) in [5, 5.41) is 1.60. The fourth-order valence-electron chi connectivity index (χ4n) is 2.57. The van der Waals surface area contributed by atoms with Crippen LogP contribution in [-0.2, 0) is 14.1 Å². The molecule has 0 spiro atoms. The zero-order chi connectivity index (χ0) is 18.8. The molecule has 0 atom stereocenters. The van der Waals surface area contributed by atoms with Gasteiger partial charge in [-0.1, -0.05) is 24.9 Å². The summed E-state index contributed by atoms with van der Waals surface area (Å²) >= 11 is 7.48. The number of halogens is 1. The molecule has 8 heteroatoms. The monoisotopic (exact) mass is 390 g/mol. The highest BCUT2D eigenvalue weighted by Crippen LogP contribution is 2.27. The van der Waals surface area contributed by atoms with E-state index in [0.29, 0.717) is 26.9 Å². The number of aryl methyl sites for hydroxylation is 1. The lowest BCUT2D eigenvalue weighted by Crippen LogP contribution is -2.37. The van der Waals surface area contributed by atoms with Gasteiger partial charge in [0.15, 0.2) is 11.5 Å². The van der Waals surface area contributed by atoms with E-state index in [1.54, 1.807) is 19.2 Å². The van der Waals surface area contributed by atoms with Crippen LogP contribution in [0.3, 0.4) is 0 Å². The standard InChI is InChI=1S/C18H19ClN4O2S/c1-4-5-10-26-16-13-15(22(2)18(25)23(3)17(13)24)20-14(21-16)11-6-8-12(19)9-7-11/h6-9H,4-5,10H2,1-3H3. The van der Waals surface area contributed by atoms with Gasteiger partial charge < -0.3 is 0 Å². The van der Waals surface area contributed by atoms with Crippen LogP contribution in [0.5, 0.6) is 0 Å². The van der Waals surface area contributed by atoms with Crippen LogP contribution in [0, 0.1) is 0 Å². The maximum atomic E-state index is 12.7. The Balaban J connectivity index is 2.30. The minimum Gasteiger partial charge on any atom is -0.280 e.